The summed E-state index contributed by atoms with van der Waals surface area (Å²) >= 11 is 0. The van der Waals surface area contributed by atoms with Crippen LogP contribution in [0.2, 0.25) is 0 Å². The second-order valence-corrected chi connectivity index (χ2v) is 3.95. The minimum atomic E-state index is 1.10. The predicted molar refractivity (Wildman–Crippen MR) is 65.1 cm³/mol. The second-order valence-electron chi connectivity index (χ2n) is 3.95. The summed E-state index contributed by atoms with van der Waals surface area (Å²) in [6, 6.07) is 10.5. The largest absolute Gasteiger partial charge is 0.358 e. The van der Waals surface area contributed by atoms with Gasteiger partial charge in [0.05, 0.1) is 0 Å². The van der Waals surface area contributed by atoms with Crippen molar-refractivity contribution >= 4 is 0 Å². The molecule has 2 aromatic rings. The Hall–Kier alpha value is -1.50. The van der Waals surface area contributed by atoms with Gasteiger partial charge in [-0.2, -0.15) is 0 Å². The van der Waals surface area contributed by atoms with E-state index in [1.165, 1.54) is 28.1 Å². The Morgan fingerprint density at radius 2 is 1.73 bits per heavy atom. The first-order valence-corrected chi connectivity index (χ1v) is 5.47. The first-order chi connectivity index (χ1) is 7.24. The molecular weight excluding hydrogens is 182 g/mol. The molecule has 0 bridgehead atoms. The standard InChI is InChI=1S/C14H17N/c1-4-13-10(2)14(15-11(13)3)12-8-6-5-7-9-12/h5-9,15H,4H2,1-3H3. The van der Waals surface area contributed by atoms with Crippen molar-refractivity contribution in [1.29, 1.82) is 0 Å². The lowest BCUT2D eigenvalue weighted by Gasteiger charge is -2.00. The molecule has 0 saturated carbocycles. The Labute approximate surface area is 91.2 Å². The van der Waals surface area contributed by atoms with Crippen LogP contribution in [0.25, 0.3) is 11.3 Å². The van der Waals surface area contributed by atoms with Gasteiger partial charge in [0, 0.05) is 11.4 Å². The molecule has 0 aliphatic rings. The Kier molecular flexibility index (Phi) is 2.63. The van der Waals surface area contributed by atoms with Crippen molar-refractivity contribution < 1.29 is 0 Å². The van der Waals surface area contributed by atoms with E-state index in [1.807, 2.05) is 0 Å². The molecule has 1 aromatic carbocycles. The van der Waals surface area contributed by atoms with E-state index in [1.54, 1.807) is 0 Å². The predicted octanol–water partition coefficient (Wildman–Crippen LogP) is 3.86. The van der Waals surface area contributed by atoms with Crippen molar-refractivity contribution in [2.75, 3.05) is 0 Å². The summed E-state index contributed by atoms with van der Waals surface area (Å²) in [6.07, 6.45) is 1.10. The molecule has 1 heteroatoms. The fraction of sp³-hybridized carbons (Fsp3) is 0.286. The van der Waals surface area contributed by atoms with Crippen molar-refractivity contribution in [3.05, 3.63) is 47.2 Å². The van der Waals surface area contributed by atoms with Crippen LogP contribution in [0.5, 0.6) is 0 Å². The molecule has 0 fully saturated rings. The summed E-state index contributed by atoms with van der Waals surface area (Å²) in [5, 5.41) is 0. The van der Waals surface area contributed by atoms with E-state index in [9.17, 15) is 0 Å². The first kappa shape index (κ1) is 10.0. The third-order valence-electron chi connectivity index (χ3n) is 3.01. The van der Waals surface area contributed by atoms with Crippen LogP contribution in [0.4, 0.5) is 0 Å². The quantitative estimate of drug-likeness (QED) is 0.756. The smallest absolute Gasteiger partial charge is 0.0488 e. The number of benzene rings is 1. The highest BCUT2D eigenvalue weighted by Gasteiger charge is 2.10. The number of aromatic nitrogens is 1. The van der Waals surface area contributed by atoms with Gasteiger partial charge in [-0.05, 0) is 37.0 Å². The highest BCUT2D eigenvalue weighted by Crippen LogP contribution is 2.27. The van der Waals surface area contributed by atoms with Crippen molar-refractivity contribution in [2.45, 2.75) is 27.2 Å². The molecular formula is C14H17N. The third kappa shape index (κ3) is 1.70. The van der Waals surface area contributed by atoms with Gasteiger partial charge in [-0.1, -0.05) is 37.3 Å². The summed E-state index contributed by atoms with van der Waals surface area (Å²) < 4.78 is 0. The van der Waals surface area contributed by atoms with E-state index in [4.69, 9.17) is 0 Å². The Morgan fingerprint density at radius 3 is 2.27 bits per heavy atom. The number of aromatic amines is 1. The van der Waals surface area contributed by atoms with Gasteiger partial charge >= 0.3 is 0 Å². The maximum absolute atomic E-state index is 3.48. The molecule has 0 amide bonds. The average Bonchev–Trinajstić information content (AvgIpc) is 2.55. The maximum Gasteiger partial charge on any atom is 0.0488 e. The number of nitrogens with one attached hydrogen (secondary N) is 1. The molecule has 15 heavy (non-hydrogen) atoms. The second kappa shape index (κ2) is 3.93. The fourth-order valence-corrected chi connectivity index (χ4v) is 2.21. The van der Waals surface area contributed by atoms with Gasteiger partial charge in [0.1, 0.15) is 0 Å². The van der Waals surface area contributed by atoms with E-state index in [0.717, 1.165) is 6.42 Å². The lowest BCUT2D eigenvalue weighted by Crippen LogP contribution is -1.83. The van der Waals surface area contributed by atoms with E-state index in [2.05, 4.69) is 56.1 Å². The van der Waals surface area contributed by atoms with Gasteiger partial charge in [-0.25, -0.2) is 0 Å². The van der Waals surface area contributed by atoms with E-state index < -0.39 is 0 Å². The van der Waals surface area contributed by atoms with Crippen LogP contribution in [0, 0.1) is 13.8 Å². The van der Waals surface area contributed by atoms with E-state index >= 15 is 0 Å². The maximum atomic E-state index is 3.48. The van der Waals surface area contributed by atoms with Gasteiger partial charge < -0.3 is 4.98 Å². The van der Waals surface area contributed by atoms with Crippen molar-refractivity contribution in [1.82, 2.24) is 4.98 Å². The number of H-pyrrole nitrogens is 1. The van der Waals surface area contributed by atoms with Crippen LogP contribution in [-0.2, 0) is 6.42 Å². The molecule has 1 aromatic heterocycles. The minimum absolute atomic E-state index is 1.10. The zero-order valence-corrected chi connectivity index (χ0v) is 9.59. The number of rotatable bonds is 2. The van der Waals surface area contributed by atoms with E-state index in [-0.39, 0.29) is 0 Å². The molecule has 1 nitrogen and oxygen atoms in total. The van der Waals surface area contributed by atoms with Crippen molar-refractivity contribution in [3.8, 4) is 11.3 Å². The fourth-order valence-electron chi connectivity index (χ4n) is 2.21. The molecule has 0 unspecified atom stereocenters. The Bertz CT molecular complexity index is 452. The normalized spacial score (nSPS) is 10.6. The molecule has 78 valence electrons. The first-order valence-electron chi connectivity index (χ1n) is 5.47. The lowest BCUT2D eigenvalue weighted by atomic mass is 10.0. The molecule has 2 rings (SSSR count). The molecule has 1 heterocycles. The summed E-state index contributed by atoms with van der Waals surface area (Å²) in [5.41, 5.74) is 6.69. The summed E-state index contributed by atoms with van der Waals surface area (Å²) in [4.78, 5) is 3.48. The number of aryl methyl sites for hydroxylation is 1. The van der Waals surface area contributed by atoms with Crippen molar-refractivity contribution in [3.63, 3.8) is 0 Å². The average molecular weight is 199 g/mol. The minimum Gasteiger partial charge on any atom is -0.358 e. The monoisotopic (exact) mass is 199 g/mol. The third-order valence-corrected chi connectivity index (χ3v) is 3.01. The highest BCUT2D eigenvalue weighted by molar-refractivity contribution is 5.66. The number of hydrogen-bond donors (Lipinski definition) is 1. The van der Waals surface area contributed by atoms with Crippen LogP contribution < -0.4 is 0 Å². The van der Waals surface area contributed by atoms with Crippen LogP contribution in [0.15, 0.2) is 30.3 Å². The van der Waals surface area contributed by atoms with Crippen LogP contribution in [0.1, 0.15) is 23.7 Å². The van der Waals surface area contributed by atoms with Crippen molar-refractivity contribution in [2.24, 2.45) is 0 Å². The lowest BCUT2D eigenvalue weighted by molar-refractivity contribution is 1.08. The molecule has 0 saturated heterocycles. The highest BCUT2D eigenvalue weighted by atomic mass is 14.7. The van der Waals surface area contributed by atoms with Crippen LogP contribution >= 0.6 is 0 Å². The molecule has 0 radical (unpaired) electrons. The van der Waals surface area contributed by atoms with Crippen LogP contribution in [0.3, 0.4) is 0 Å². The van der Waals surface area contributed by atoms with Gasteiger partial charge in [0.25, 0.3) is 0 Å². The molecule has 0 aliphatic carbocycles. The summed E-state index contributed by atoms with van der Waals surface area (Å²) in [7, 11) is 0. The summed E-state index contributed by atoms with van der Waals surface area (Å²) in [5.74, 6) is 0. The van der Waals surface area contributed by atoms with Gasteiger partial charge in [-0.3, -0.25) is 0 Å². The molecule has 0 spiro atoms. The molecule has 0 atom stereocenters. The van der Waals surface area contributed by atoms with Crippen LogP contribution in [-0.4, -0.2) is 4.98 Å². The Balaban J connectivity index is 2.55. The van der Waals surface area contributed by atoms with Gasteiger partial charge in [0.15, 0.2) is 0 Å². The topological polar surface area (TPSA) is 15.8 Å². The van der Waals surface area contributed by atoms with E-state index in [0.29, 0.717) is 0 Å². The SMILES string of the molecule is CCc1c(C)[nH]c(-c2ccccc2)c1C. The van der Waals surface area contributed by atoms with Gasteiger partial charge in [-0.15, -0.1) is 0 Å². The summed E-state index contributed by atoms with van der Waals surface area (Å²) in [6.45, 7) is 6.56. The Morgan fingerprint density at radius 1 is 1.07 bits per heavy atom. The molecule has 1 N–H and O–H groups in total. The molecule has 0 aliphatic heterocycles. The zero-order chi connectivity index (χ0) is 10.8. The van der Waals surface area contributed by atoms with Gasteiger partial charge in [0.2, 0.25) is 0 Å². The number of hydrogen-bond acceptors (Lipinski definition) is 0. The zero-order valence-electron chi connectivity index (χ0n) is 9.59.